The maximum atomic E-state index is 12.3. The lowest BCUT2D eigenvalue weighted by atomic mass is 10.1. The van der Waals surface area contributed by atoms with E-state index in [4.69, 9.17) is 22.9 Å². The van der Waals surface area contributed by atoms with Gasteiger partial charge in [0.1, 0.15) is 0 Å². The minimum atomic E-state index is -0.650. The quantitative estimate of drug-likeness (QED) is 0.0631. The van der Waals surface area contributed by atoms with Crippen molar-refractivity contribution in [3.8, 4) is 0 Å². The Kier molecular flexibility index (Phi) is 16.8. The fourth-order valence-corrected chi connectivity index (χ4v) is 6.06. The van der Waals surface area contributed by atoms with E-state index < -0.39 is 24.2 Å². The van der Waals surface area contributed by atoms with Crippen molar-refractivity contribution < 1.29 is 19.2 Å². The van der Waals surface area contributed by atoms with Crippen molar-refractivity contribution in [3.05, 3.63) is 192 Å². The molecule has 0 aromatic heterocycles. The van der Waals surface area contributed by atoms with Crippen LogP contribution in [0.15, 0.2) is 170 Å². The molecule has 0 spiro atoms. The third-order valence-corrected chi connectivity index (χ3v) is 9.38. The van der Waals surface area contributed by atoms with Crippen LogP contribution in [0.3, 0.4) is 0 Å². The molecule has 12 N–H and O–H groups in total. The molecule has 0 saturated carbocycles. The highest BCUT2D eigenvalue weighted by Crippen LogP contribution is 2.17. The van der Waals surface area contributed by atoms with Gasteiger partial charge in [0, 0.05) is 22.7 Å². The summed E-state index contributed by atoms with van der Waals surface area (Å²) in [5.74, 6) is -1.05. The molecule has 0 aliphatic rings. The smallest absolute Gasteiger partial charge is 0.241 e. The lowest BCUT2D eigenvalue weighted by molar-refractivity contribution is -0.118. The van der Waals surface area contributed by atoms with E-state index >= 15 is 0 Å². The number of benzene rings is 6. The number of carbonyl (C=O) groups excluding carboxylic acids is 4. The summed E-state index contributed by atoms with van der Waals surface area (Å²) >= 11 is 0. The Morgan fingerprint density at radius 3 is 0.633 bits per heavy atom. The predicted octanol–water partition coefficient (Wildman–Crippen LogP) is 5.41. The zero-order valence-electron chi connectivity index (χ0n) is 33.2. The van der Waals surface area contributed by atoms with E-state index in [0.29, 0.717) is 48.4 Å². The van der Waals surface area contributed by atoms with Crippen molar-refractivity contribution in [2.24, 2.45) is 22.9 Å². The van der Waals surface area contributed by atoms with Gasteiger partial charge in [0.15, 0.2) is 0 Å². The van der Waals surface area contributed by atoms with E-state index in [1.807, 2.05) is 121 Å². The summed E-state index contributed by atoms with van der Waals surface area (Å²) in [4.78, 5) is 49.3. The molecule has 0 heterocycles. The van der Waals surface area contributed by atoms with Gasteiger partial charge >= 0.3 is 0 Å². The highest BCUT2D eigenvalue weighted by atomic mass is 16.2. The van der Waals surface area contributed by atoms with Crippen LogP contribution in [0.4, 0.5) is 22.7 Å². The first-order valence-electron chi connectivity index (χ1n) is 19.6. The molecule has 0 saturated heterocycles. The second-order valence-electron chi connectivity index (χ2n) is 14.3. The molecule has 60 heavy (non-hydrogen) atoms. The summed E-state index contributed by atoms with van der Waals surface area (Å²) in [5.41, 5.74) is 30.5. The topological polar surface area (TPSA) is 220 Å². The molecule has 12 nitrogen and oxygen atoms in total. The molecule has 0 aliphatic heterocycles. The van der Waals surface area contributed by atoms with E-state index in [9.17, 15) is 19.2 Å². The van der Waals surface area contributed by atoms with Crippen LogP contribution < -0.4 is 44.2 Å². The molecule has 0 unspecified atom stereocenters. The van der Waals surface area contributed by atoms with Crippen molar-refractivity contribution in [1.82, 2.24) is 0 Å². The van der Waals surface area contributed by atoms with Crippen LogP contribution in [0, 0.1) is 0 Å². The Morgan fingerprint density at radius 2 is 0.467 bits per heavy atom. The van der Waals surface area contributed by atoms with Crippen LogP contribution >= 0.6 is 0 Å². The van der Waals surface area contributed by atoms with Gasteiger partial charge in [-0.2, -0.15) is 0 Å². The van der Waals surface area contributed by atoms with Crippen LogP contribution in [-0.4, -0.2) is 47.8 Å². The molecule has 4 atom stereocenters. The van der Waals surface area contributed by atoms with E-state index in [-0.39, 0.29) is 23.6 Å². The number of carbonyl (C=O) groups is 4. The minimum absolute atomic E-state index is 0.263. The molecule has 0 aliphatic carbocycles. The van der Waals surface area contributed by atoms with Crippen LogP contribution in [-0.2, 0) is 44.9 Å². The maximum absolute atomic E-state index is 12.3. The molecule has 4 amide bonds. The first-order valence-corrected chi connectivity index (χ1v) is 19.6. The molecular formula is C48H52N8O4. The molecule has 0 fully saturated rings. The van der Waals surface area contributed by atoms with Crippen molar-refractivity contribution in [1.29, 1.82) is 0 Å². The van der Waals surface area contributed by atoms with Gasteiger partial charge in [0.25, 0.3) is 0 Å². The van der Waals surface area contributed by atoms with E-state index in [0.717, 1.165) is 22.3 Å². The van der Waals surface area contributed by atoms with Crippen molar-refractivity contribution >= 4 is 46.4 Å². The molecule has 6 aromatic rings. The van der Waals surface area contributed by atoms with Gasteiger partial charge in [-0.15, -0.1) is 0 Å². The molecule has 6 aromatic carbocycles. The van der Waals surface area contributed by atoms with Crippen molar-refractivity contribution in [2.75, 3.05) is 21.3 Å². The largest absolute Gasteiger partial charge is 0.325 e. The van der Waals surface area contributed by atoms with Crippen LogP contribution in [0.1, 0.15) is 22.3 Å². The van der Waals surface area contributed by atoms with Crippen molar-refractivity contribution in [3.63, 3.8) is 0 Å². The number of nitrogens with one attached hydrogen (secondary N) is 4. The van der Waals surface area contributed by atoms with E-state index in [1.165, 1.54) is 0 Å². The fourth-order valence-electron chi connectivity index (χ4n) is 6.06. The molecule has 6 rings (SSSR count). The van der Waals surface area contributed by atoms with Crippen LogP contribution in [0.25, 0.3) is 0 Å². The third-order valence-electron chi connectivity index (χ3n) is 9.38. The predicted molar refractivity (Wildman–Crippen MR) is 240 cm³/mol. The average Bonchev–Trinajstić information content (AvgIpc) is 3.26. The zero-order valence-corrected chi connectivity index (χ0v) is 33.2. The number of nitrogens with two attached hydrogens (primary N) is 4. The number of hydrogen-bond donors (Lipinski definition) is 8. The maximum Gasteiger partial charge on any atom is 0.241 e. The van der Waals surface area contributed by atoms with Crippen LogP contribution in [0.5, 0.6) is 0 Å². The number of amides is 4. The molecule has 12 heteroatoms. The SMILES string of the molecule is N[C@@H](Cc1ccccc1)C(=O)Nc1ccc(NC(=O)[C@@H](N)Cc2ccccc2)cc1.N[C@@H](Cc1ccccc1)C(=O)Nc1ccc(NC(=O)[C@@H](N)Cc2ccccc2)cc1. The number of rotatable bonds is 16. The van der Waals surface area contributed by atoms with Gasteiger partial charge in [0.2, 0.25) is 23.6 Å². The minimum Gasteiger partial charge on any atom is -0.325 e. The standard InChI is InChI=1S/2C24H26N4O2/c2*25-21(15-17-7-3-1-4-8-17)23(29)27-19-11-13-20(14-12-19)28-24(30)22(26)16-18-9-5-2-6-10-18/h2*1-14,21-22H,15-16,25-26H2,(H,27,29)(H,28,30)/t2*21-,22-/m00/s1. The molecule has 0 bridgehead atoms. The van der Waals surface area contributed by atoms with Gasteiger partial charge < -0.3 is 44.2 Å². The lowest BCUT2D eigenvalue weighted by Crippen LogP contribution is -2.37. The zero-order chi connectivity index (χ0) is 42.7. The monoisotopic (exact) mass is 804 g/mol. The molecule has 0 radical (unpaired) electrons. The van der Waals surface area contributed by atoms with E-state index in [1.54, 1.807) is 48.5 Å². The first-order chi connectivity index (χ1) is 29.0. The summed E-state index contributed by atoms with van der Waals surface area (Å²) in [6, 6.07) is 49.6. The molecular weight excluding hydrogens is 753 g/mol. The summed E-state index contributed by atoms with van der Waals surface area (Å²) in [6.45, 7) is 0. The van der Waals surface area contributed by atoms with Gasteiger partial charge in [-0.25, -0.2) is 0 Å². The van der Waals surface area contributed by atoms with Gasteiger partial charge in [-0.3, -0.25) is 19.2 Å². The van der Waals surface area contributed by atoms with Gasteiger partial charge in [-0.05, 0) is 96.5 Å². The first kappa shape index (κ1) is 44.1. The Labute approximate surface area is 350 Å². The summed E-state index contributed by atoms with van der Waals surface area (Å²) < 4.78 is 0. The summed E-state index contributed by atoms with van der Waals surface area (Å²) in [7, 11) is 0. The second kappa shape index (κ2) is 22.8. The molecule has 308 valence electrons. The Balaban J connectivity index is 0.000000228. The lowest BCUT2D eigenvalue weighted by Gasteiger charge is -2.14. The van der Waals surface area contributed by atoms with Gasteiger partial charge in [0.05, 0.1) is 24.2 Å². The van der Waals surface area contributed by atoms with Crippen LogP contribution in [0.2, 0.25) is 0 Å². The summed E-state index contributed by atoms with van der Waals surface area (Å²) in [5, 5.41) is 11.2. The van der Waals surface area contributed by atoms with Gasteiger partial charge in [-0.1, -0.05) is 121 Å². The second-order valence-corrected chi connectivity index (χ2v) is 14.3. The normalized spacial score (nSPS) is 12.6. The Morgan fingerprint density at radius 1 is 0.300 bits per heavy atom. The highest BCUT2D eigenvalue weighted by molar-refractivity contribution is 5.98. The number of anilines is 4. The fraction of sp³-hybridized carbons (Fsp3) is 0.167. The Bertz CT molecular complexity index is 1920. The van der Waals surface area contributed by atoms with E-state index in [2.05, 4.69) is 21.3 Å². The number of hydrogen-bond acceptors (Lipinski definition) is 8. The summed E-state index contributed by atoms with van der Waals surface area (Å²) in [6.07, 6.45) is 1.83. The third kappa shape index (κ3) is 14.8. The average molecular weight is 805 g/mol. The Hall–Kier alpha value is -6.96. The van der Waals surface area contributed by atoms with Crippen molar-refractivity contribution in [2.45, 2.75) is 49.9 Å². The highest BCUT2D eigenvalue weighted by Gasteiger charge is 2.18.